The fourth-order valence-electron chi connectivity index (χ4n) is 3.07. The minimum Gasteiger partial charge on any atom is -0.447 e. The molecule has 130 valence electrons. The quantitative estimate of drug-likeness (QED) is 0.896. The van der Waals surface area contributed by atoms with Crippen LogP contribution in [0.3, 0.4) is 0 Å². The molecule has 2 aromatic carbocycles. The fourth-order valence-corrected chi connectivity index (χ4v) is 3.59. The number of nitrogens with one attached hydrogen (secondary N) is 1. The van der Waals surface area contributed by atoms with Gasteiger partial charge in [0, 0.05) is 40.6 Å². The first kappa shape index (κ1) is 16.0. The van der Waals surface area contributed by atoms with Gasteiger partial charge in [0.1, 0.15) is 0 Å². The number of ether oxygens (including phenoxy) is 2. The molecule has 25 heavy (non-hydrogen) atoms. The second-order valence-corrected chi connectivity index (χ2v) is 7.52. The number of urea groups is 1. The lowest BCUT2D eigenvalue weighted by atomic mass is 10.2. The van der Waals surface area contributed by atoms with Gasteiger partial charge in [0.2, 0.25) is 0 Å². The summed E-state index contributed by atoms with van der Waals surface area (Å²) in [5, 5.41) is 2.85. The maximum absolute atomic E-state index is 12.5. The number of nitrogens with zero attached hydrogens (tertiary/aromatic N) is 1. The summed E-state index contributed by atoms with van der Waals surface area (Å²) in [6.45, 7) is 0.918. The van der Waals surface area contributed by atoms with Gasteiger partial charge >= 0.3 is 6.03 Å². The van der Waals surface area contributed by atoms with Gasteiger partial charge in [-0.3, -0.25) is 4.21 Å². The van der Waals surface area contributed by atoms with Gasteiger partial charge in [-0.2, -0.15) is 0 Å². The normalized spacial score (nSPS) is 18.4. The van der Waals surface area contributed by atoms with E-state index in [2.05, 4.69) is 5.32 Å². The Kier molecular flexibility index (Phi) is 3.88. The Balaban J connectivity index is 1.40. The van der Waals surface area contributed by atoms with Gasteiger partial charge < -0.3 is 19.7 Å². The van der Waals surface area contributed by atoms with Crippen molar-refractivity contribution in [3.05, 3.63) is 48.5 Å². The first-order valence-electron chi connectivity index (χ1n) is 8.01. The Bertz CT molecular complexity index is 812. The fraction of sp³-hybridized carbons (Fsp3) is 0.278. The van der Waals surface area contributed by atoms with E-state index in [4.69, 9.17) is 9.47 Å². The van der Waals surface area contributed by atoms with Crippen LogP contribution in [-0.2, 0) is 10.8 Å². The summed E-state index contributed by atoms with van der Waals surface area (Å²) in [7, 11) is -1.03. The Morgan fingerprint density at radius 1 is 1.12 bits per heavy atom. The maximum atomic E-state index is 12.5. The van der Waals surface area contributed by atoms with E-state index in [0.29, 0.717) is 36.7 Å². The first-order valence-corrected chi connectivity index (χ1v) is 9.57. The van der Waals surface area contributed by atoms with Crippen LogP contribution >= 0.6 is 0 Å². The van der Waals surface area contributed by atoms with Gasteiger partial charge in [-0.05, 0) is 36.4 Å². The number of carbonyl (C=O) groups excluding carboxylic acids is 1. The summed E-state index contributed by atoms with van der Waals surface area (Å²) < 4.78 is 23.3. The maximum Gasteiger partial charge on any atom is 0.322 e. The molecule has 0 bridgehead atoms. The van der Waals surface area contributed by atoms with Gasteiger partial charge in [-0.25, -0.2) is 4.79 Å². The summed E-state index contributed by atoms with van der Waals surface area (Å²) in [6, 6.07) is 14.3. The number of carbonyl (C=O) groups is 1. The lowest BCUT2D eigenvalue weighted by molar-refractivity contribution is -0.0647. The molecule has 6 nitrogen and oxygen atoms in total. The molecule has 2 aromatic rings. The van der Waals surface area contributed by atoms with Crippen LogP contribution in [0, 0.1) is 0 Å². The Hall–Kier alpha value is -2.54. The predicted molar refractivity (Wildman–Crippen MR) is 94.4 cm³/mol. The number of fused-ring (bicyclic) bond motifs is 1. The van der Waals surface area contributed by atoms with Crippen LogP contribution in [0.1, 0.15) is 6.42 Å². The molecule has 1 unspecified atom stereocenters. The lowest BCUT2D eigenvalue weighted by Crippen LogP contribution is -2.43. The molecular weight excluding hydrogens is 340 g/mol. The highest BCUT2D eigenvalue weighted by Gasteiger charge is 2.48. The van der Waals surface area contributed by atoms with Crippen molar-refractivity contribution < 1.29 is 18.5 Å². The standard InChI is InChI=1S/C18H18N2O4S/c1-25(22)14-8-6-13(7-9-14)19-17(21)20-11-10-18(12-20)23-15-4-2-3-5-16(15)24-18/h2-9H,10-12H2,1H3,(H,19,21). The summed E-state index contributed by atoms with van der Waals surface area (Å²) in [5.41, 5.74) is 0.664. The van der Waals surface area contributed by atoms with E-state index < -0.39 is 16.6 Å². The summed E-state index contributed by atoms with van der Waals surface area (Å²) in [6.07, 6.45) is 2.24. The van der Waals surface area contributed by atoms with Crippen LogP contribution in [0.4, 0.5) is 10.5 Å². The summed E-state index contributed by atoms with van der Waals surface area (Å²) >= 11 is 0. The Morgan fingerprint density at radius 2 is 1.76 bits per heavy atom. The zero-order chi connectivity index (χ0) is 17.4. The molecule has 0 aliphatic carbocycles. The predicted octanol–water partition coefficient (Wildman–Crippen LogP) is 2.83. The number of anilines is 1. The summed E-state index contributed by atoms with van der Waals surface area (Å²) in [4.78, 5) is 14.9. The number of amides is 2. The molecule has 0 aromatic heterocycles. The minimum atomic E-state index is -1.03. The smallest absolute Gasteiger partial charge is 0.322 e. The van der Waals surface area contributed by atoms with Gasteiger partial charge in [-0.15, -0.1) is 0 Å². The van der Waals surface area contributed by atoms with Crippen molar-refractivity contribution >= 4 is 22.5 Å². The molecule has 1 atom stereocenters. The molecule has 1 fully saturated rings. The molecule has 0 saturated carbocycles. The number of hydrogen-bond acceptors (Lipinski definition) is 4. The van der Waals surface area contributed by atoms with Crippen molar-refractivity contribution in [3.8, 4) is 11.5 Å². The van der Waals surface area contributed by atoms with Crippen LogP contribution in [0.2, 0.25) is 0 Å². The molecule has 2 amide bonds. The average molecular weight is 358 g/mol. The van der Waals surface area contributed by atoms with E-state index in [9.17, 15) is 9.00 Å². The van der Waals surface area contributed by atoms with E-state index in [0.717, 1.165) is 4.90 Å². The molecule has 2 aliphatic rings. The Morgan fingerprint density at radius 3 is 2.36 bits per heavy atom. The second-order valence-electron chi connectivity index (χ2n) is 6.14. The lowest BCUT2D eigenvalue weighted by Gasteiger charge is -2.23. The molecule has 2 aliphatic heterocycles. The average Bonchev–Trinajstić information content (AvgIpc) is 3.18. The number of rotatable bonds is 2. The highest BCUT2D eigenvalue weighted by atomic mass is 32.2. The molecule has 1 saturated heterocycles. The molecule has 7 heteroatoms. The zero-order valence-electron chi connectivity index (χ0n) is 13.7. The number of para-hydroxylation sites is 2. The van der Waals surface area contributed by atoms with Crippen LogP contribution in [0.25, 0.3) is 0 Å². The van der Waals surface area contributed by atoms with Crippen molar-refractivity contribution in [1.29, 1.82) is 0 Å². The second kappa shape index (κ2) is 6.07. The highest BCUT2D eigenvalue weighted by Crippen LogP contribution is 2.42. The molecule has 1 spiro atoms. The van der Waals surface area contributed by atoms with Gasteiger partial charge in [0.05, 0.1) is 6.54 Å². The van der Waals surface area contributed by atoms with Crippen LogP contribution in [-0.4, -0.2) is 40.3 Å². The minimum absolute atomic E-state index is 0.203. The van der Waals surface area contributed by atoms with E-state index in [-0.39, 0.29) is 6.03 Å². The highest BCUT2D eigenvalue weighted by molar-refractivity contribution is 7.84. The monoisotopic (exact) mass is 358 g/mol. The zero-order valence-corrected chi connectivity index (χ0v) is 14.5. The third-order valence-electron chi connectivity index (χ3n) is 4.36. The van der Waals surface area contributed by atoms with E-state index in [1.807, 2.05) is 24.3 Å². The third-order valence-corrected chi connectivity index (χ3v) is 5.30. The van der Waals surface area contributed by atoms with E-state index in [1.54, 1.807) is 35.4 Å². The van der Waals surface area contributed by atoms with Crippen molar-refractivity contribution in [3.63, 3.8) is 0 Å². The molecule has 1 N–H and O–H groups in total. The SMILES string of the molecule is CS(=O)c1ccc(NC(=O)N2CCC3(C2)Oc2ccccc2O3)cc1. The van der Waals surface area contributed by atoms with Gasteiger partial charge in [0.25, 0.3) is 5.79 Å². The molecular formula is C18H18N2O4S. The number of hydrogen-bond donors (Lipinski definition) is 1. The molecule has 2 heterocycles. The van der Waals surface area contributed by atoms with E-state index in [1.165, 1.54) is 0 Å². The van der Waals surface area contributed by atoms with Crippen molar-refractivity contribution in [2.24, 2.45) is 0 Å². The first-order chi connectivity index (χ1) is 12.0. The van der Waals surface area contributed by atoms with Crippen LogP contribution in [0.15, 0.2) is 53.4 Å². The van der Waals surface area contributed by atoms with Gasteiger partial charge in [0.15, 0.2) is 11.5 Å². The van der Waals surface area contributed by atoms with Crippen LogP contribution < -0.4 is 14.8 Å². The Labute approximate surface area is 148 Å². The number of benzene rings is 2. The van der Waals surface area contributed by atoms with Crippen molar-refractivity contribution in [2.45, 2.75) is 17.1 Å². The van der Waals surface area contributed by atoms with Crippen LogP contribution in [0.5, 0.6) is 11.5 Å². The van der Waals surface area contributed by atoms with Gasteiger partial charge in [-0.1, -0.05) is 12.1 Å². The summed E-state index contributed by atoms with van der Waals surface area (Å²) in [5.74, 6) is 0.644. The van der Waals surface area contributed by atoms with Crippen molar-refractivity contribution in [1.82, 2.24) is 4.90 Å². The largest absolute Gasteiger partial charge is 0.447 e. The third kappa shape index (κ3) is 3.07. The van der Waals surface area contributed by atoms with Crippen molar-refractivity contribution in [2.75, 3.05) is 24.7 Å². The topological polar surface area (TPSA) is 67.9 Å². The number of likely N-dealkylation sites (tertiary alicyclic amines) is 1. The molecule has 0 radical (unpaired) electrons. The molecule has 4 rings (SSSR count). The van der Waals surface area contributed by atoms with E-state index >= 15 is 0 Å².